The molecule has 4 aromatic rings. The Morgan fingerprint density at radius 2 is 1.84 bits per heavy atom. The number of pyridine rings is 1. The molecule has 156 valence electrons. The molecular weight excluding hydrogens is 430 g/mol. The van der Waals surface area contributed by atoms with Gasteiger partial charge < -0.3 is 4.57 Å². The van der Waals surface area contributed by atoms with Gasteiger partial charge >= 0.3 is 0 Å². The van der Waals surface area contributed by atoms with Crippen molar-refractivity contribution in [1.29, 1.82) is 0 Å². The molecule has 0 atom stereocenters. The average Bonchev–Trinajstić information content (AvgIpc) is 3.12. The van der Waals surface area contributed by atoms with E-state index in [1.165, 1.54) is 5.56 Å². The molecule has 1 amide bonds. The largest absolute Gasteiger partial charge is 0.328 e. The van der Waals surface area contributed by atoms with Gasteiger partial charge in [0, 0.05) is 23.3 Å². The Labute approximate surface area is 189 Å². The number of H-pyrrole nitrogens is 1. The average molecular weight is 450 g/mol. The summed E-state index contributed by atoms with van der Waals surface area (Å²) in [5.41, 5.74) is 3.72. The number of carbonyl (C=O) groups is 1. The number of benzene rings is 2. The van der Waals surface area contributed by atoms with Gasteiger partial charge in [0.2, 0.25) is 0 Å². The zero-order chi connectivity index (χ0) is 21.8. The number of rotatable bonds is 5. The quantitative estimate of drug-likeness (QED) is 0.454. The normalized spacial score (nSPS) is 11.6. The maximum atomic E-state index is 12.8. The van der Waals surface area contributed by atoms with Crippen molar-refractivity contribution in [1.82, 2.24) is 19.3 Å². The predicted molar refractivity (Wildman–Crippen MR) is 123 cm³/mol. The van der Waals surface area contributed by atoms with Crippen molar-refractivity contribution in [3.8, 4) is 11.4 Å². The molecule has 2 aromatic carbocycles. The lowest BCUT2D eigenvalue weighted by Gasteiger charge is -2.08. The molecule has 2 aromatic heterocycles. The number of hydrogen-bond donors (Lipinski definition) is 1. The molecule has 4 rings (SSSR count). The van der Waals surface area contributed by atoms with E-state index in [1.54, 1.807) is 16.7 Å². The van der Waals surface area contributed by atoms with Gasteiger partial charge in [0.05, 0.1) is 0 Å². The summed E-state index contributed by atoms with van der Waals surface area (Å²) in [6.45, 7) is 2.65. The SMILES string of the molecule is Cc1ccc(Cn2ccccc2=NC(=O)Cn2c(-c3ccc(Cl)cc3)n[nH]c2=S)cc1. The van der Waals surface area contributed by atoms with E-state index in [9.17, 15) is 4.79 Å². The summed E-state index contributed by atoms with van der Waals surface area (Å²) in [7, 11) is 0. The molecule has 8 heteroatoms. The Kier molecular flexibility index (Phi) is 6.25. The van der Waals surface area contributed by atoms with Crippen molar-refractivity contribution in [2.24, 2.45) is 4.99 Å². The molecule has 0 radical (unpaired) electrons. The maximum Gasteiger partial charge on any atom is 0.267 e. The van der Waals surface area contributed by atoms with Crippen LogP contribution in [0.15, 0.2) is 77.9 Å². The van der Waals surface area contributed by atoms with E-state index in [0.717, 1.165) is 11.1 Å². The lowest BCUT2D eigenvalue weighted by molar-refractivity contribution is -0.118. The fourth-order valence-electron chi connectivity index (χ4n) is 3.17. The smallest absolute Gasteiger partial charge is 0.267 e. The third kappa shape index (κ3) is 5.07. The second-order valence-corrected chi connectivity index (χ2v) is 7.95. The van der Waals surface area contributed by atoms with Crippen molar-refractivity contribution in [2.45, 2.75) is 20.0 Å². The highest BCUT2D eigenvalue weighted by molar-refractivity contribution is 7.71. The minimum Gasteiger partial charge on any atom is -0.328 e. The van der Waals surface area contributed by atoms with Gasteiger partial charge in [-0.1, -0.05) is 47.5 Å². The number of aryl methyl sites for hydroxylation is 1. The maximum absolute atomic E-state index is 12.8. The van der Waals surface area contributed by atoms with Crippen LogP contribution >= 0.6 is 23.8 Å². The van der Waals surface area contributed by atoms with E-state index in [4.69, 9.17) is 23.8 Å². The summed E-state index contributed by atoms with van der Waals surface area (Å²) in [6, 6.07) is 21.1. The first kappa shape index (κ1) is 21.0. The number of nitrogens with zero attached hydrogens (tertiary/aromatic N) is 4. The van der Waals surface area contributed by atoms with Gasteiger partial charge in [-0.05, 0) is 61.1 Å². The summed E-state index contributed by atoms with van der Waals surface area (Å²) >= 11 is 11.3. The molecule has 0 aliphatic heterocycles. The highest BCUT2D eigenvalue weighted by Gasteiger charge is 2.12. The first-order valence-electron chi connectivity index (χ1n) is 9.69. The first-order valence-corrected chi connectivity index (χ1v) is 10.5. The number of aromatic amines is 1. The van der Waals surface area contributed by atoms with Crippen molar-refractivity contribution in [3.05, 3.63) is 99.3 Å². The van der Waals surface area contributed by atoms with Crippen LogP contribution in [0.4, 0.5) is 0 Å². The Balaban J connectivity index is 1.61. The fraction of sp³-hybridized carbons (Fsp3) is 0.130. The number of hydrogen-bond acceptors (Lipinski definition) is 3. The van der Waals surface area contributed by atoms with Gasteiger partial charge in [-0.25, -0.2) is 0 Å². The van der Waals surface area contributed by atoms with Crippen LogP contribution in [0.1, 0.15) is 11.1 Å². The zero-order valence-electron chi connectivity index (χ0n) is 16.8. The van der Waals surface area contributed by atoms with E-state index < -0.39 is 0 Å². The van der Waals surface area contributed by atoms with Crippen molar-refractivity contribution in [2.75, 3.05) is 0 Å². The Morgan fingerprint density at radius 1 is 1.10 bits per heavy atom. The van der Waals surface area contributed by atoms with E-state index in [0.29, 0.717) is 27.7 Å². The summed E-state index contributed by atoms with van der Waals surface area (Å²) < 4.78 is 3.93. The molecule has 0 aliphatic carbocycles. The minimum atomic E-state index is -0.323. The molecule has 2 heterocycles. The lowest BCUT2D eigenvalue weighted by Crippen LogP contribution is -2.23. The van der Waals surface area contributed by atoms with Crippen LogP contribution in [-0.2, 0) is 17.9 Å². The van der Waals surface area contributed by atoms with Gasteiger partial charge in [0.25, 0.3) is 5.91 Å². The van der Waals surface area contributed by atoms with Crippen molar-refractivity contribution >= 4 is 29.7 Å². The molecule has 0 saturated heterocycles. The van der Waals surface area contributed by atoms with Crippen LogP contribution in [-0.4, -0.2) is 25.2 Å². The Bertz CT molecular complexity index is 1330. The van der Waals surface area contributed by atoms with E-state index >= 15 is 0 Å². The number of halogens is 1. The standard InChI is InChI=1S/C23H20ClN5OS/c1-16-5-7-17(8-6-16)14-28-13-3-2-4-20(28)25-21(30)15-29-22(26-27-23(29)31)18-9-11-19(24)12-10-18/h2-13H,14-15H2,1H3,(H,27,31). The van der Waals surface area contributed by atoms with Gasteiger partial charge in [0.1, 0.15) is 12.0 Å². The molecule has 31 heavy (non-hydrogen) atoms. The monoisotopic (exact) mass is 449 g/mol. The molecular formula is C23H20ClN5OS. The fourth-order valence-corrected chi connectivity index (χ4v) is 3.50. The van der Waals surface area contributed by atoms with Crippen LogP contribution < -0.4 is 5.49 Å². The molecule has 0 unspecified atom stereocenters. The zero-order valence-corrected chi connectivity index (χ0v) is 18.4. The number of nitrogens with one attached hydrogen (secondary N) is 1. The topological polar surface area (TPSA) is 68.0 Å². The van der Waals surface area contributed by atoms with Crippen LogP contribution in [0.3, 0.4) is 0 Å². The third-order valence-electron chi connectivity index (χ3n) is 4.78. The molecule has 1 N–H and O–H groups in total. The van der Waals surface area contributed by atoms with Crippen LogP contribution in [0.5, 0.6) is 0 Å². The van der Waals surface area contributed by atoms with Crippen LogP contribution in [0, 0.1) is 11.7 Å². The molecule has 0 spiro atoms. The van der Waals surface area contributed by atoms with E-state index in [2.05, 4.69) is 46.4 Å². The molecule has 0 aliphatic rings. The van der Waals surface area contributed by atoms with Crippen molar-refractivity contribution in [3.63, 3.8) is 0 Å². The second kappa shape index (κ2) is 9.24. The number of carbonyl (C=O) groups excluding carboxylic acids is 1. The Hall–Kier alpha value is -3.29. The lowest BCUT2D eigenvalue weighted by atomic mass is 10.1. The van der Waals surface area contributed by atoms with Crippen LogP contribution in [0.25, 0.3) is 11.4 Å². The highest BCUT2D eigenvalue weighted by atomic mass is 35.5. The van der Waals surface area contributed by atoms with E-state index in [1.807, 2.05) is 41.1 Å². The van der Waals surface area contributed by atoms with Gasteiger partial charge in [0.15, 0.2) is 10.6 Å². The van der Waals surface area contributed by atoms with Gasteiger partial charge in [-0.15, -0.1) is 0 Å². The van der Waals surface area contributed by atoms with E-state index in [-0.39, 0.29) is 12.5 Å². The number of aromatic nitrogens is 4. The van der Waals surface area contributed by atoms with Crippen molar-refractivity contribution < 1.29 is 4.79 Å². The van der Waals surface area contributed by atoms with Gasteiger partial charge in [-0.2, -0.15) is 10.1 Å². The summed E-state index contributed by atoms with van der Waals surface area (Å²) in [5, 5.41) is 7.63. The first-order chi connectivity index (χ1) is 15.0. The predicted octanol–water partition coefficient (Wildman–Crippen LogP) is 4.55. The second-order valence-electron chi connectivity index (χ2n) is 7.12. The molecule has 0 bridgehead atoms. The summed E-state index contributed by atoms with van der Waals surface area (Å²) in [4.78, 5) is 17.1. The molecule has 6 nitrogen and oxygen atoms in total. The molecule has 0 fully saturated rings. The minimum absolute atomic E-state index is 0.0211. The highest BCUT2D eigenvalue weighted by Crippen LogP contribution is 2.20. The summed E-state index contributed by atoms with van der Waals surface area (Å²) in [6.07, 6.45) is 1.91. The van der Waals surface area contributed by atoms with Crippen LogP contribution in [0.2, 0.25) is 5.02 Å². The third-order valence-corrected chi connectivity index (χ3v) is 5.35. The van der Waals surface area contributed by atoms with Gasteiger partial charge in [-0.3, -0.25) is 14.5 Å². The Morgan fingerprint density at radius 3 is 2.58 bits per heavy atom. The molecule has 0 saturated carbocycles. The number of amides is 1. The summed E-state index contributed by atoms with van der Waals surface area (Å²) in [5.74, 6) is 0.238.